The molecule has 0 spiro atoms. The second-order valence-electron chi connectivity index (χ2n) is 3.78. The topological polar surface area (TPSA) is 60.4 Å². The molecular weight excluding hydrogens is 239 g/mol. The lowest BCUT2D eigenvalue weighted by atomic mass is 10.1. The Labute approximate surface area is 104 Å². The van der Waals surface area contributed by atoms with Gasteiger partial charge in [-0.2, -0.15) is 0 Å². The second-order valence-corrected chi connectivity index (χ2v) is 3.78. The number of hydrogen-bond acceptors (Lipinski definition) is 4. The molecule has 0 saturated heterocycles. The first-order valence-corrected chi connectivity index (χ1v) is 5.43. The van der Waals surface area contributed by atoms with E-state index in [0.29, 0.717) is 5.56 Å². The van der Waals surface area contributed by atoms with Crippen molar-refractivity contribution in [1.82, 2.24) is 0 Å². The summed E-state index contributed by atoms with van der Waals surface area (Å²) >= 11 is 0. The summed E-state index contributed by atoms with van der Waals surface area (Å²) in [5, 5.41) is 0. The molecule has 18 heavy (non-hydrogen) atoms. The van der Waals surface area contributed by atoms with Crippen LogP contribution in [-0.2, 0) is 14.3 Å². The lowest BCUT2D eigenvalue weighted by Gasteiger charge is -2.03. The smallest absolute Gasteiger partial charge is 0.313 e. The molecule has 0 fully saturated rings. The third-order valence-corrected chi connectivity index (χ3v) is 2.15. The van der Waals surface area contributed by atoms with E-state index in [1.807, 2.05) is 0 Å². The van der Waals surface area contributed by atoms with Gasteiger partial charge in [0.1, 0.15) is 18.0 Å². The maximum atomic E-state index is 12.6. The van der Waals surface area contributed by atoms with Crippen molar-refractivity contribution in [2.75, 3.05) is 6.61 Å². The number of ketones is 2. The van der Waals surface area contributed by atoms with E-state index in [2.05, 4.69) is 0 Å². The number of benzene rings is 1. The summed E-state index contributed by atoms with van der Waals surface area (Å²) < 4.78 is 17.3. The van der Waals surface area contributed by atoms with Crippen molar-refractivity contribution >= 4 is 17.5 Å². The fourth-order valence-electron chi connectivity index (χ4n) is 1.29. The van der Waals surface area contributed by atoms with Gasteiger partial charge >= 0.3 is 5.97 Å². The first-order valence-electron chi connectivity index (χ1n) is 5.43. The van der Waals surface area contributed by atoms with Crippen LogP contribution in [0, 0.1) is 5.82 Å². The van der Waals surface area contributed by atoms with Crippen LogP contribution in [0.2, 0.25) is 0 Å². The number of rotatable bonds is 6. The Balaban J connectivity index is 2.35. The highest BCUT2D eigenvalue weighted by Crippen LogP contribution is 2.06. The van der Waals surface area contributed by atoms with Crippen LogP contribution < -0.4 is 0 Å². The number of carbonyl (C=O) groups is 3. The molecule has 0 bridgehead atoms. The summed E-state index contributed by atoms with van der Waals surface area (Å²) in [5.74, 6) is -1.59. The summed E-state index contributed by atoms with van der Waals surface area (Å²) in [5.41, 5.74) is 0.360. The minimum absolute atomic E-state index is 0.00920. The minimum Gasteiger partial charge on any atom is -0.465 e. The molecule has 5 heteroatoms. The van der Waals surface area contributed by atoms with Gasteiger partial charge in [0.05, 0.1) is 6.61 Å². The number of ether oxygens (including phenoxy) is 1. The van der Waals surface area contributed by atoms with Crippen LogP contribution in [-0.4, -0.2) is 24.1 Å². The normalized spacial score (nSPS) is 9.89. The molecule has 4 nitrogen and oxygen atoms in total. The number of esters is 1. The molecule has 1 aromatic rings. The van der Waals surface area contributed by atoms with Crippen molar-refractivity contribution < 1.29 is 23.5 Å². The van der Waals surface area contributed by atoms with Crippen LogP contribution in [0.4, 0.5) is 4.39 Å². The van der Waals surface area contributed by atoms with E-state index in [1.165, 1.54) is 31.2 Å². The van der Waals surface area contributed by atoms with E-state index in [-0.39, 0.29) is 31.0 Å². The molecule has 0 unspecified atom stereocenters. The molecule has 0 atom stereocenters. The van der Waals surface area contributed by atoms with Gasteiger partial charge in [0, 0.05) is 12.0 Å². The molecule has 0 aliphatic carbocycles. The average Bonchev–Trinajstić information content (AvgIpc) is 2.28. The van der Waals surface area contributed by atoms with E-state index in [9.17, 15) is 18.8 Å². The van der Waals surface area contributed by atoms with Crippen molar-refractivity contribution in [3.8, 4) is 0 Å². The average molecular weight is 252 g/mol. The molecule has 0 aliphatic rings. The molecule has 0 aromatic heterocycles. The quantitative estimate of drug-likeness (QED) is 0.441. The maximum Gasteiger partial charge on any atom is 0.313 e. The molecule has 0 heterocycles. The van der Waals surface area contributed by atoms with Crippen molar-refractivity contribution in [1.29, 1.82) is 0 Å². The van der Waals surface area contributed by atoms with Gasteiger partial charge in [-0.1, -0.05) is 0 Å². The Kier molecular flexibility index (Phi) is 5.17. The van der Waals surface area contributed by atoms with Crippen molar-refractivity contribution in [3.63, 3.8) is 0 Å². The van der Waals surface area contributed by atoms with Gasteiger partial charge < -0.3 is 4.74 Å². The molecule has 0 N–H and O–H groups in total. The van der Waals surface area contributed by atoms with E-state index in [1.54, 1.807) is 0 Å². The Hall–Kier alpha value is -2.04. The fourth-order valence-corrected chi connectivity index (χ4v) is 1.29. The minimum atomic E-state index is -0.644. The van der Waals surface area contributed by atoms with Gasteiger partial charge in [-0.25, -0.2) is 4.39 Å². The van der Waals surface area contributed by atoms with E-state index in [0.717, 1.165) is 0 Å². The zero-order valence-corrected chi connectivity index (χ0v) is 9.94. The third-order valence-electron chi connectivity index (χ3n) is 2.15. The van der Waals surface area contributed by atoms with Crippen molar-refractivity contribution in [2.24, 2.45) is 0 Å². The monoisotopic (exact) mass is 252 g/mol. The van der Waals surface area contributed by atoms with Gasteiger partial charge in [-0.05, 0) is 31.2 Å². The molecule has 0 aliphatic heterocycles. The summed E-state index contributed by atoms with van der Waals surface area (Å²) in [6, 6.07) is 5.12. The SMILES string of the molecule is CC(=O)CC(=O)OCCC(=O)c1ccc(F)cc1. The van der Waals surface area contributed by atoms with Crippen LogP contribution in [0.15, 0.2) is 24.3 Å². The molecule has 1 rings (SSSR count). The predicted octanol–water partition coefficient (Wildman–Crippen LogP) is 1.92. The maximum absolute atomic E-state index is 12.6. The number of hydrogen-bond donors (Lipinski definition) is 0. The van der Waals surface area contributed by atoms with E-state index < -0.39 is 11.8 Å². The van der Waals surface area contributed by atoms with Crippen LogP contribution in [0.5, 0.6) is 0 Å². The molecule has 0 radical (unpaired) electrons. The Morgan fingerprint density at radius 3 is 2.33 bits per heavy atom. The van der Waals surface area contributed by atoms with Crippen LogP contribution in [0.25, 0.3) is 0 Å². The van der Waals surface area contributed by atoms with Gasteiger partial charge in [0.25, 0.3) is 0 Å². The largest absolute Gasteiger partial charge is 0.465 e. The van der Waals surface area contributed by atoms with Gasteiger partial charge in [0.2, 0.25) is 0 Å². The van der Waals surface area contributed by atoms with Crippen molar-refractivity contribution in [3.05, 3.63) is 35.6 Å². The first kappa shape index (κ1) is 14.0. The van der Waals surface area contributed by atoms with Crippen LogP contribution in [0.1, 0.15) is 30.1 Å². The zero-order valence-electron chi connectivity index (χ0n) is 9.94. The number of halogens is 1. The highest BCUT2D eigenvalue weighted by molar-refractivity contribution is 5.96. The van der Waals surface area contributed by atoms with Crippen molar-refractivity contribution in [2.45, 2.75) is 19.8 Å². The number of Topliss-reactive ketones (excluding diaryl/α,β-unsaturated/α-hetero) is 2. The molecule has 0 amide bonds. The third kappa shape index (κ3) is 4.86. The predicted molar refractivity (Wildman–Crippen MR) is 61.6 cm³/mol. The number of carbonyl (C=O) groups excluding carboxylic acids is 3. The van der Waals surface area contributed by atoms with Gasteiger partial charge in [0.15, 0.2) is 5.78 Å². The first-order chi connectivity index (χ1) is 8.49. The lowest BCUT2D eigenvalue weighted by Crippen LogP contribution is -2.12. The lowest BCUT2D eigenvalue weighted by molar-refractivity contribution is -0.145. The summed E-state index contributed by atoms with van der Waals surface area (Å²) in [7, 11) is 0. The second kappa shape index (κ2) is 6.64. The Bertz CT molecular complexity index is 451. The highest BCUT2D eigenvalue weighted by Gasteiger charge is 2.09. The molecule has 1 aromatic carbocycles. The van der Waals surface area contributed by atoms with Gasteiger partial charge in [-0.15, -0.1) is 0 Å². The highest BCUT2D eigenvalue weighted by atomic mass is 19.1. The Morgan fingerprint density at radius 2 is 1.78 bits per heavy atom. The summed E-state index contributed by atoms with van der Waals surface area (Å²) in [6.07, 6.45) is -0.278. The molecular formula is C13H13FO4. The molecule has 0 saturated carbocycles. The van der Waals surface area contributed by atoms with Crippen LogP contribution >= 0.6 is 0 Å². The standard InChI is InChI=1S/C13H13FO4/c1-9(15)8-13(17)18-7-6-12(16)10-2-4-11(14)5-3-10/h2-5H,6-8H2,1H3. The van der Waals surface area contributed by atoms with Gasteiger partial charge in [-0.3, -0.25) is 14.4 Å². The summed E-state index contributed by atoms with van der Waals surface area (Å²) in [6.45, 7) is 1.20. The Morgan fingerprint density at radius 1 is 1.17 bits per heavy atom. The fraction of sp³-hybridized carbons (Fsp3) is 0.308. The van der Waals surface area contributed by atoms with Crippen LogP contribution in [0.3, 0.4) is 0 Å². The zero-order chi connectivity index (χ0) is 13.5. The molecule has 96 valence electrons. The van der Waals surface area contributed by atoms with E-state index >= 15 is 0 Å². The van der Waals surface area contributed by atoms with E-state index in [4.69, 9.17) is 4.74 Å². The summed E-state index contributed by atoms with van der Waals surface area (Å²) in [4.78, 5) is 33.2.